The highest BCUT2D eigenvalue weighted by molar-refractivity contribution is 5.49. The van der Waals surface area contributed by atoms with Gasteiger partial charge in [-0.15, -0.1) is 0 Å². The fourth-order valence-corrected chi connectivity index (χ4v) is 1.38. The molecule has 0 aliphatic rings. The first-order valence-electron chi connectivity index (χ1n) is 5.24. The molecule has 1 nitrogen and oxygen atoms in total. The Balaban J connectivity index is 3.02. The average Bonchev–Trinajstić information content (AvgIpc) is 2.05. The molecule has 0 aromatic carbocycles. The predicted octanol–water partition coefficient (Wildman–Crippen LogP) is 3.57. The van der Waals surface area contributed by atoms with Crippen LogP contribution in [0.4, 0.5) is 0 Å². The Hall–Kier alpha value is -0.330. The lowest BCUT2D eigenvalue weighted by Gasteiger charge is -2.06. The van der Waals surface area contributed by atoms with E-state index in [0.29, 0.717) is 5.92 Å². The van der Waals surface area contributed by atoms with Crippen molar-refractivity contribution in [3.63, 3.8) is 0 Å². The Morgan fingerprint density at radius 1 is 1.17 bits per heavy atom. The molecule has 0 heterocycles. The maximum atomic E-state index is 10.2. The van der Waals surface area contributed by atoms with Crippen molar-refractivity contribution in [3.8, 4) is 0 Å². The third-order valence-corrected chi connectivity index (χ3v) is 2.30. The highest BCUT2D eigenvalue weighted by Gasteiger charge is 1.99. The van der Waals surface area contributed by atoms with Crippen LogP contribution >= 0.6 is 0 Å². The van der Waals surface area contributed by atoms with Crippen LogP contribution < -0.4 is 0 Å². The number of hydrogen-bond donors (Lipinski definition) is 0. The molecule has 0 aliphatic carbocycles. The number of aldehydes is 1. The zero-order valence-corrected chi connectivity index (χ0v) is 8.51. The Bertz CT molecular complexity index is 99.2. The van der Waals surface area contributed by atoms with E-state index in [1.807, 2.05) is 0 Å². The molecule has 0 bridgehead atoms. The van der Waals surface area contributed by atoms with Gasteiger partial charge >= 0.3 is 0 Å². The van der Waals surface area contributed by atoms with Crippen LogP contribution in [0, 0.1) is 5.92 Å². The molecule has 0 aromatic heterocycles. The summed E-state index contributed by atoms with van der Waals surface area (Å²) in [5.41, 5.74) is 0. The van der Waals surface area contributed by atoms with E-state index in [1.54, 1.807) is 0 Å². The Labute approximate surface area is 76.6 Å². The Morgan fingerprint density at radius 2 is 1.83 bits per heavy atom. The molecule has 0 aliphatic heterocycles. The molecule has 0 amide bonds. The predicted molar refractivity (Wildman–Crippen MR) is 53.2 cm³/mol. The molecule has 0 spiro atoms. The van der Waals surface area contributed by atoms with Crippen LogP contribution in [0.2, 0.25) is 0 Å². The van der Waals surface area contributed by atoms with Gasteiger partial charge in [0.05, 0.1) is 0 Å². The minimum absolute atomic E-state index is 0.601. The van der Waals surface area contributed by atoms with Gasteiger partial charge in [0, 0.05) is 6.42 Å². The smallest absolute Gasteiger partial charge is 0.120 e. The molecule has 1 atom stereocenters. The minimum atomic E-state index is 0.601. The first-order chi connectivity index (χ1) is 5.81. The highest BCUT2D eigenvalue weighted by Crippen LogP contribution is 2.12. The molecular formula is C11H22O. The summed E-state index contributed by atoms with van der Waals surface area (Å²) in [7, 11) is 0. The fraction of sp³-hybridized carbons (Fsp3) is 0.909. The first kappa shape index (κ1) is 11.7. The SMILES string of the molecule is CCCCCCC[C@@H](C)CC=O. The molecule has 0 N–H and O–H groups in total. The van der Waals surface area contributed by atoms with Crippen LogP contribution in [0.1, 0.15) is 58.8 Å². The van der Waals surface area contributed by atoms with Gasteiger partial charge in [0.15, 0.2) is 0 Å². The minimum Gasteiger partial charge on any atom is -0.303 e. The van der Waals surface area contributed by atoms with Gasteiger partial charge in [0.25, 0.3) is 0 Å². The van der Waals surface area contributed by atoms with E-state index in [9.17, 15) is 4.79 Å². The van der Waals surface area contributed by atoms with Gasteiger partial charge in [-0.2, -0.15) is 0 Å². The van der Waals surface area contributed by atoms with Crippen LogP contribution in [0.5, 0.6) is 0 Å². The highest BCUT2D eigenvalue weighted by atomic mass is 16.1. The van der Waals surface area contributed by atoms with Gasteiger partial charge in [0.2, 0.25) is 0 Å². The van der Waals surface area contributed by atoms with Crippen LogP contribution in [-0.4, -0.2) is 6.29 Å². The van der Waals surface area contributed by atoms with E-state index in [0.717, 1.165) is 12.7 Å². The van der Waals surface area contributed by atoms with Crippen molar-refractivity contribution in [1.82, 2.24) is 0 Å². The summed E-state index contributed by atoms with van der Waals surface area (Å²) < 4.78 is 0. The van der Waals surface area contributed by atoms with E-state index in [4.69, 9.17) is 0 Å². The normalized spacial score (nSPS) is 12.8. The van der Waals surface area contributed by atoms with Crippen LogP contribution in [0.25, 0.3) is 0 Å². The summed E-state index contributed by atoms with van der Waals surface area (Å²) in [4.78, 5) is 10.2. The molecule has 0 saturated carbocycles. The summed E-state index contributed by atoms with van der Waals surface area (Å²) in [6.45, 7) is 4.39. The van der Waals surface area contributed by atoms with Gasteiger partial charge in [-0.3, -0.25) is 0 Å². The number of carbonyl (C=O) groups excluding carboxylic acids is 1. The van der Waals surface area contributed by atoms with E-state index < -0.39 is 0 Å². The van der Waals surface area contributed by atoms with Gasteiger partial charge in [-0.05, 0) is 5.92 Å². The molecular weight excluding hydrogens is 148 g/mol. The van der Waals surface area contributed by atoms with Crippen LogP contribution in [0.15, 0.2) is 0 Å². The summed E-state index contributed by atoms with van der Waals surface area (Å²) in [5, 5.41) is 0. The zero-order chi connectivity index (χ0) is 9.23. The van der Waals surface area contributed by atoms with E-state index in [2.05, 4.69) is 13.8 Å². The maximum absolute atomic E-state index is 10.2. The van der Waals surface area contributed by atoms with Gasteiger partial charge in [-0.25, -0.2) is 0 Å². The van der Waals surface area contributed by atoms with Crippen molar-refractivity contribution in [1.29, 1.82) is 0 Å². The lowest BCUT2D eigenvalue weighted by molar-refractivity contribution is -0.108. The van der Waals surface area contributed by atoms with E-state index in [1.165, 1.54) is 38.5 Å². The van der Waals surface area contributed by atoms with Gasteiger partial charge < -0.3 is 4.79 Å². The van der Waals surface area contributed by atoms with Crippen molar-refractivity contribution in [2.45, 2.75) is 58.8 Å². The van der Waals surface area contributed by atoms with Crippen molar-refractivity contribution in [2.24, 2.45) is 5.92 Å². The second-order valence-corrected chi connectivity index (χ2v) is 3.71. The average molecular weight is 170 g/mol. The summed E-state index contributed by atoms with van der Waals surface area (Å²) in [6.07, 6.45) is 9.69. The molecule has 72 valence electrons. The number of unbranched alkanes of at least 4 members (excludes halogenated alkanes) is 4. The maximum Gasteiger partial charge on any atom is 0.120 e. The summed E-state index contributed by atoms with van der Waals surface area (Å²) in [6, 6.07) is 0. The van der Waals surface area contributed by atoms with Crippen molar-refractivity contribution in [3.05, 3.63) is 0 Å². The molecule has 0 saturated heterocycles. The van der Waals surface area contributed by atoms with Gasteiger partial charge in [-0.1, -0.05) is 52.4 Å². The number of rotatable bonds is 8. The lowest BCUT2D eigenvalue weighted by atomic mass is 10.00. The van der Waals surface area contributed by atoms with Crippen molar-refractivity contribution in [2.75, 3.05) is 0 Å². The Morgan fingerprint density at radius 3 is 2.42 bits per heavy atom. The molecule has 0 rings (SSSR count). The number of hydrogen-bond acceptors (Lipinski definition) is 1. The van der Waals surface area contributed by atoms with Gasteiger partial charge in [0.1, 0.15) is 6.29 Å². The summed E-state index contributed by atoms with van der Waals surface area (Å²) in [5.74, 6) is 0.601. The quantitative estimate of drug-likeness (QED) is 0.402. The van der Waals surface area contributed by atoms with Crippen molar-refractivity contribution < 1.29 is 4.79 Å². The fourth-order valence-electron chi connectivity index (χ4n) is 1.38. The van der Waals surface area contributed by atoms with E-state index in [-0.39, 0.29) is 0 Å². The molecule has 12 heavy (non-hydrogen) atoms. The molecule has 0 unspecified atom stereocenters. The topological polar surface area (TPSA) is 17.1 Å². The second kappa shape index (κ2) is 8.76. The summed E-state index contributed by atoms with van der Waals surface area (Å²) >= 11 is 0. The molecule has 0 aromatic rings. The largest absolute Gasteiger partial charge is 0.303 e. The van der Waals surface area contributed by atoms with Crippen LogP contribution in [-0.2, 0) is 4.79 Å². The molecule has 1 heteroatoms. The zero-order valence-electron chi connectivity index (χ0n) is 8.51. The molecule has 0 fully saturated rings. The Kier molecular flexibility index (Phi) is 8.52. The number of carbonyl (C=O) groups is 1. The second-order valence-electron chi connectivity index (χ2n) is 3.71. The monoisotopic (exact) mass is 170 g/mol. The van der Waals surface area contributed by atoms with E-state index >= 15 is 0 Å². The third kappa shape index (κ3) is 7.77. The third-order valence-electron chi connectivity index (χ3n) is 2.30. The van der Waals surface area contributed by atoms with Crippen molar-refractivity contribution >= 4 is 6.29 Å². The van der Waals surface area contributed by atoms with Crippen LogP contribution in [0.3, 0.4) is 0 Å². The molecule has 0 radical (unpaired) electrons. The lowest BCUT2D eigenvalue weighted by Crippen LogP contribution is -1.94. The standard InChI is InChI=1S/C11H22O/c1-3-4-5-6-7-8-11(2)9-10-12/h10-11H,3-9H2,1-2H3/t11-/m1/s1. The first-order valence-corrected chi connectivity index (χ1v) is 5.24.